The maximum atomic E-state index is 11.7. The third-order valence-corrected chi connectivity index (χ3v) is 3.02. The Morgan fingerprint density at radius 2 is 2.11 bits per heavy atom. The first-order chi connectivity index (χ1) is 8.63. The maximum absolute atomic E-state index is 11.7. The summed E-state index contributed by atoms with van der Waals surface area (Å²) in [6, 6.07) is 4.78. The Labute approximate surface area is 105 Å². The van der Waals surface area contributed by atoms with Crippen molar-refractivity contribution in [3.8, 4) is 5.75 Å². The summed E-state index contributed by atoms with van der Waals surface area (Å²) in [7, 11) is 0. The summed E-state index contributed by atoms with van der Waals surface area (Å²) in [6.07, 6.45) is -1.75. The van der Waals surface area contributed by atoms with Crippen LogP contribution in [0.5, 0.6) is 5.75 Å². The summed E-state index contributed by atoms with van der Waals surface area (Å²) < 4.78 is 5.33. The van der Waals surface area contributed by atoms with Crippen LogP contribution in [0.25, 0.3) is 0 Å². The zero-order valence-corrected chi connectivity index (χ0v) is 9.87. The number of aliphatic hydroxyl groups is 3. The van der Waals surface area contributed by atoms with Gasteiger partial charge in [-0.2, -0.15) is 0 Å². The lowest BCUT2D eigenvalue weighted by Gasteiger charge is -2.21. The first-order valence-electron chi connectivity index (χ1n) is 5.90. The molecular weight excluding hydrogens is 236 g/mol. The third-order valence-electron chi connectivity index (χ3n) is 3.02. The second kappa shape index (κ2) is 5.48. The molecule has 0 radical (unpaired) electrons. The van der Waals surface area contributed by atoms with Gasteiger partial charge in [-0.25, -0.2) is 0 Å². The van der Waals surface area contributed by atoms with Gasteiger partial charge in [0.15, 0.2) is 5.78 Å². The van der Waals surface area contributed by atoms with Gasteiger partial charge >= 0.3 is 0 Å². The number of ether oxygens (including phenoxy) is 1. The number of hydrogen-bond donors (Lipinski definition) is 3. The lowest BCUT2D eigenvalue weighted by molar-refractivity contribution is 0.00413. The molecule has 0 fully saturated rings. The lowest BCUT2D eigenvalue weighted by atomic mass is 9.96. The van der Waals surface area contributed by atoms with E-state index in [0.29, 0.717) is 29.9 Å². The van der Waals surface area contributed by atoms with Crippen molar-refractivity contribution in [2.24, 2.45) is 0 Å². The summed E-state index contributed by atoms with van der Waals surface area (Å²) in [5.41, 5.74) is 0.891. The number of rotatable bonds is 4. The highest BCUT2D eigenvalue weighted by atomic mass is 16.5. The number of ketones is 1. The Balaban J connectivity index is 2.25. The standard InChI is InChI=1S/C13H16O5/c14-5-3-11(16)13(17)8-1-2-12-9(7-8)10(15)4-6-18-12/h1-2,7,11,13-14,16-17H,3-6H2. The van der Waals surface area contributed by atoms with Crippen molar-refractivity contribution in [3.63, 3.8) is 0 Å². The largest absolute Gasteiger partial charge is 0.492 e. The fourth-order valence-electron chi connectivity index (χ4n) is 1.98. The molecule has 0 aromatic heterocycles. The molecule has 1 heterocycles. The van der Waals surface area contributed by atoms with Crippen LogP contribution in [0.1, 0.15) is 34.9 Å². The van der Waals surface area contributed by atoms with Gasteiger partial charge in [-0.1, -0.05) is 6.07 Å². The molecule has 5 heteroatoms. The first kappa shape index (κ1) is 13.0. The quantitative estimate of drug-likeness (QED) is 0.723. The Bertz CT molecular complexity index is 443. The van der Waals surface area contributed by atoms with Crippen LogP contribution in [-0.4, -0.2) is 40.4 Å². The van der Waals surface area contributed by atoms with Crippen molar-refractivity contribution in [2.75, 3.05) is 13.2 Å². The van der Waals surface area contributed by atoms with E-state index in [-0.39, 0.29) is 18.8 Å². The monoisotopic (exact) mass is 252 g/mol. The molecule has 0 spiro atoms. The van der Waals surface area contributed by atoms with Crippen LogP contribution in [0.3, 0.4) is 0 Å². The van der Waals surface area contributed by atoms with Crippen LogP contribution >= 0.6 is 0 Å². The summed E-state index contributed by atoms with van der Waals surface area (Å²) in [5, 5.41) is 28.2. The zero-order valence-electron chi connectivity index (χ0n) is 9.87. The molecule has 0 amide bonds. The molecule has 5 nitrogen and oxygen atoms in total. The number of aliphatic hydroxyl groups excluding tert-OH is 3. The van der Waals surface area contributed by atoms with Crippen LogP contribution in [-0.2, 0) is 0 Å². The number of benzene rings is 1. The van der Waals surface area contributed by atoms with Crippen molar-refractivity contribution >= 4 is 5.78 Å². The molecule has 1 aromatic rings. The van der Waals surface area contributed by atoms with E-state index in [1.54, 1.807) is 18.2 Å². The average Bonchev–Trinajstić information content (AvgIpc) is 2.38. The zero-order chi connectivity index (χ0) is 13.1. The molecule has 2 unspecified atom stereocenters. The fourth-order valence-corrected chi connectivity index (χ4v) is 1.98. The van der Waals surface area contributed by atoms with Crippen LogP contribution in [0.4, 0.5) is 0 Å². The van der Waals surface area contributed by atoms with E-state index >= 15 is 0 Å². The molecule has 0 saturated carbocycles. The highest BCUT2D eigenvalue weighted by Crippen LogP contribution is 2.29. The van der Waals surface area contributed by atoms with Crippen LogP contribution in [0.15, 0.2) is 18.2 Å². The second-order valence-corrected chi connectivity index (χ2v) is 4.30. The molecule has 3 N–H and O–H groups in total. The van der Waals surface area contributed by atoms with E-state index in [1.807, 2.05) is 0 Å². The van der Waals surface area contributed by atoms with Gasteiger partial charge in [0, 0.05) is 13.0 Å². The van der Waals surface area contributed by atoms with E-state index < -0.39 is 12.2 Å². The van der Waals surface area contributed by atoms with Gasteiger partial charge in [0.1, 0.15) is 11.9 Å². The summed E-state index contributed by atoms with van der Waals surface area (Å²) in [4.78, 5) is 11.7. The molecule has 0 saturated heterocycles. The van der Waals surface area contributed by atoms with Gasteiger partial charge < -0.3 is 20.1 Å². The fraction of sp³-hybridized carbons (Fsp3) is 0.462. The van der Waals surface area contributed by atoms with Crippen LogP contribution < -0.4 is 4.74 Å². The minimum Gasteiger partial charge on any atom is -0.492 e. The molecule has 2 atom stereocenters. The van der Waals surface area contributed by atoms with Crippen LogP contribution in [0, 0.1) is 0 Å². The van der Waals surface area contributed by atoms with E-state index in [9.17, 15) is 15.0 Å². The first-order valence-corrected chi connectivity index (χ1v) is 5.90. The molecule has 1 aliphatic rings. The average molecular weight is 252 g/mol. The summed E-state index contributed by atoms with van der Waals surface area (Å²) in [6.45, 7) is 0.173. The van der Waals surface area contributed by atoms with E-state index in [2.05, 4.69) is 0 Å². The van der Waals surface area contributed by atoms with Crippen molar-refractivity contribution in [1.82, 2.24) is 0 Å². The number of carbonyl (C=O) groups is 1. The number of fused-ring (bicyclic) bond motifs is 1. The van der Waals surface area contributed by atoms with Crippen molar-refractivity contribution in [2.45, 2.75) is 25.0 Å². The van der Waals surface area contributed by atoms with E-state index in [0.717, 1.165) is 0 Å². The van der Waals surface area contributed by atoms with E-state index in [1.165, 1.54) is 0 Å². The molecule has 1 aliphatic heterocycles. The predicted molar refractivity (Wildman–Crippen MR) is 63.6 cm³/mol. The topological polar surface area (TPSA) is 87.0 Å². The van der Waals surface area contributed by atoms with Crippen molar-refractivity contribution in [3.05, 3.63) is 29.3 Å². The van der Waals surface area contributed by atoms with E-state index in [4.69, 9.17) is 9.84 Å². The highest BCUT2D eigenvalue weighted by molar-refractivity contribution is 5.99. The summed E-state index contributed by atoms with van der Waals surface area (Å²) >= 11 is 0. The smallest absolute Gasteiger partial charge is 0.170 e. The highest BCUT2D eigenvalue weighted by Gasteiger charge is 2.23. The minimum atomic E-state index is -1.11. The second-order valence-electron chi connectivity index (χ2n) is 4.30. The molecule has 18 heavy (non-hydrogen) atoms. The van der Waals surface area contributed by atoms with Gasteiger partial charge in [-0.3, -0.25) is 4.79 Å². The van der Waals surface area contributed by atoms with Crippen LogP contribution in [0.2, 0.25) is 0 Å². The van der Waals surface area contributed by atoms with Gasteiger partial charge in [0.25, 0.3) is 0 Å². The molecular formula is C13H16O5. The summed E-state index contributed by atoms with van der Waals surface area (Å²) in [5.74, 6) is 0.487. The maximum Gasteiger partial charge on any atom is 0.170 e. The Hall–Kier alpha value is -1.43. The SMILES string of the molecule is O=C1CCOc2ccc(C(O)C(O)CCO)cc21. The predicted octanol–water partition coefficient (Wildman–Crippen LogP) is 0.429. The Morgan fingerprint density at radius 3 is 2.83 bits per heavy atom. The van der Waals surface area contributed by atoms with Gasteiger partial charge in [0.2, 0.25) is 0 Å². The normalized spacial score (nSPS) is 17.8. The minimum absolute atomic E-state index is 0.0260. The van der Waals surface area contributed by atoms with Crippen molar-refractivity contribution in [1.29, 1.82) is 0 Å². The van der Waals surface area contributed by atoms with Gasteiger partial charge in [-0.05, 0) is 24.1 Å². The Morgan fingerprint density at radius 1 is 1.33 bits per heavy atom. The number of hydrogen-bond acceptors (Lipinski definition) is 5. The third kappa shape index (κ3) is 2.53. The lowest BCUT2D eigenvalue weighted by Crippen LogP contribution is -2.21. The Kier molecular flexibility index (Phi) is 3.96. The molecule has 0 bridgehead atoms. The van der Waals surface area contributed by atoms with Gasteiger partial charge in [-0.15, -0.1) is 0 Å². The molecule has 2 rings (SSSR count). The molecule has 0 aliphatic carbocycles. The molecule has 1 aromatic carbocycles. The number of Topliss-reactive ketones (excluding diaryl/α,β-unsaturated/α-hetero) is 1. The molecule has 98 valence electrons. The van der Waals surface area contributed by atoms with Crippen molar-refractivity contribution < 1.29 is 24.9 Å². The number of carbonyl (C=O) groups excluding carboxylic acids is 1. The van der Waals surface area contributed by atoms with Gasteiger partial charge in [0.05, 0.1) is 18.3 Å².